The molecule has 0 radical (unpaired) electrons. The number of benzene rings is 2. The molecule has 0 saturated heterocycles. The first kappa shape index (κ1) is 15.3. The number of nitrogens with one attached hydrogen (secondary N) is 2. The van der Waals surface area contributed by atoms with Crippen molar-refractivity contribution in [1.29, 1.82) is 0 Å². The van der Waals surface area contributed by atoms with Gasteiger partial charge in [0.25, 0.3) is 0 Å². The Morgan fingerprint density at radius 2 is 1.67 bits per heavy atom. The van der Waals surface area contributed by atoms with Gasteiger partial charge in [0.15, 0.2) is 0 Å². The summed E-state index contributed by atoms with van der Waals surface area (Å²) in [5, 5.41) is 5.54. The smallest absolute Gasteiger partial charge is 0.228 e. The number of rotatable bonds is 4. The second kappa shape index (κ2) is 7.04. The highest BCUT2D eigenvalue weighted by atomic mass is 79.9. The van der Waals surface area contributed by atoms with Gasteiger partial charge in [-0.3, -0.25) is 9.59 Å². The molecule has 0 fully saturated rings. The summed E-state index contributed by atoms with van der Waals surface area (Å²) in [6, 6.07) is 14.7. The first-order chi connectivity index (χ1) is 10.0. The molecule has 5 heteroatoms. The van der Waals surface area contributed by atoms with E-state index in [1.54, 1.807) is 12.1 Å². The number of halogens is 1. The summed E-state index contributed by atoms with van der Waals surface area (Å²) in [4.78, 5) is 22.9. The van der Waals surface area contributed by atoms with Gasteiger partial charge in [-0.15, -0.1) is 0 Å². The van der Waals surface area contributed by atoms with E-state index in [0.29, 0.717) is 0 Å². The zero-order valence-corrected chi connectivity index (χ0v) is 13.1. The molecule has 2 N–H and O–H groups in total. The zero-order chi connectivity index (χ0) is 15.2. The van der Waals surface area contributed by atoms with Crippen LogP contribution < -0.4 is 10.6 Å². The van der Waals surface area contributed by atoms with Crippen LogP contribution in [0.15, 0.2) is 53.0 Å². The fraction of sp³-hybridized carbons (Fsp3) is 0.125. The number of carbonyl (C=O) groups is 2. The van der Waals surface area contributed by atoms with Crippen LogP contribution in [0.4, 0.5) is 11.4 Å². The van der Waals surface area contributed by atoms with Crippen LogP contribution in [0.1, 0.15) is 12.5 Å². The molecule has 21 heavy (non-hydrogen) atoms. The van der Waals surface area contributed by atoms with Crippen LogP contribution in [0.3, 0.4) is 0 Å². The van der Waals surface area contributed by atoms with Gasteiger partial charge in [0, 0.05) is 17.1 Å². The Kier molecular flexibility index (Phi) is 5.11. The van der Waals surface area contributed by atoms with E-state index < -0.39 is 0 Å². The molecule has 0 unspecified atom stereocenters. The predicted molar refractivity (Wildman–Crippen MR) is 87.2 cm³/mol. The van der Waals surface area contributed by atoms with Crippen LogP contribution in [0.5, 0.6) is 0 Å². The van der Waals surface area contributed by atoms with Crippen molar-refractivity contribution in [3.05, 3.63) is 58.6 Å². The Morgan fingerprint density at radius 3 is 2.29 bits per heavy atom. The number of para-hydroxylation sites is 1. The maximum atomic E-state index is 12.0. The average molecular weight is 347 g/mol. The number of carbonyl (C=O) groups excluding carboxylic acids is 2. The molecular formula is C16H15BrN2O2. The molecule has 0 heterocycles. The molecule has 0 aliphatic heterocycles. The minimum atomic E-state index is -0.116. The summed E-state index contributed by atoms with van der Waals surface area (Å²) in [6.07, 6.45) is 0.279. The fourth-order valence-corrected chi connectivity index (χ4v) is 2.24. The minimum Gasteiger partial charge on any atom is -0.326 e. The van der Waals surface area contributed by atoms with Crippen LogP contribution in [0.25, 0.3) is 0 Å². The molecule has 0 aromatic heterocycles. The molecule has 2 rings (SSSR count). The number of amides is 2. The standard InChI is InChI=1S/C16H15BrN2O2/c1-11(20)18-13-8-6-12(7-9-13)10-16(21)19-15-5-3-2-4-14(15)17/h2-9H,10H2,1H3,(H,18,20)(H,19,21). The SMILES string of the molecule is CC(=O)Nc1ccc(CC(=O)Nc2ccccc2Br)cc1. The second-order valence-corrected chi connectivity index (χ2v) is 5.44. The topological polar surface area (TPSA) is 58.2 Å². The zero-order valence-electron chi connectivity index (χ0n) is 11.5. The molecule has 0 aliphatic rings. The average Bonchev–Trinajstić information content (AvgIpc) is 2.43. The van der Waals surface area contributed by atoms with E-state index in [2.05, 4.69) is 26.6 Å². The van der Waals surface area contributed by atoms with Gasteiger partial charge in [0.1, 0.15) is 0 Å². The Labute approximate surface area is 131 Å². The Morgan fingerprint density at radius 1 is 1.00 bits per heavy atom. The van der Waals surface area contributed by atoms with Gasteiger partial charge >= 0.3 is 0 Å². The van der Waals surface area contributed by atoms with E-state index in [4.69, 9.17) is 0 Å². The van der Waals surface area contributed by atoms with Crippen molar-refractivity contribution in [1.82, 2.24) is 0 Å². The molecule has 0 aliphatic carbocycles. The molecule has 0 spiro atoms. The van der Waals surface area contributed by atoms with Crippen molar-refractivity contribution in [2.24, 2.45) is 0 Å². The lowest BCUT2D eigenvalue weighted by molar-refractivity contribution is -0.116. The van der Waals surface area contributed by atoms with Gasteiger partial charge in [0.2, 0.25) is 11.8 Å². The van der Waals surface area contributed by atoms with E-state index in [1.807, 2.05) is 36.4 Å². The molecule has 108 valence electrons. The predicted octanol–water partition coefficient (Wildman–Crippen LogP) is 3.59. The third kappa shape index (κ3) is 4.72. The number of hydrogen-bond acceptors (Lipinski definition) is 2. The molecule has 0 atom stereocenters. The highest BCUT2D eigenvalue weighted by Gasteiger charge is 2.06. The molecule has 2 aromatic carbocycles. The Balaban J connectivity index is 1.96. The highest BCUT2D eigenvalue weighted by Crippen LogP contribution is 2.21. The molecule has 0 saturated carbocycles. The van der Waals surface area contributed by atoms with Crippen molar-refractivity contribution >= 4 is 39.1 Å². The summed E-state index contributed by atoms with van der Waals surface area (Å²) >= 11 is 3.39. The highest BCUT2D eigenvalue weighted by molar-refractivity contribution is 9.10. The summed E-state index contributed by atoms with van der Waals surface area (Å²) in [5.74, 6) is -0.205. The van der Waals surface area contributed by atoms with E-state index in [0.717, 1.165) is 21.4 Å². The quantitative estimate of drug-likeness (QED) is 0.888. The summed E-state index contributed by atoms with van der Waals surface area (Å²) in [7, 11) is 0. The van der Waals surface area contributed by atoms with Crippen molar-refractivity contribution in [3.8, 4) is 0 Å². The van der Waals surface area contributed by atoms with E-state index in [-0.39, 0.29) is 18.2 Å². The molecular weight excluding hydrogens is 332 g/mol. The van der Waals surface area contributed by atoms with Crippen molar-refractivity contribution in [2.45, 2.75) is 13.3 Å². The van der Waals surface area contributed by atoms with Crippen molar-refractivity contribution in [2.75, 3.05) is 10.6 Å². The molecule has 2 amide bonds. The molecule has 4 nitrogen and oxygen atoms in total. The third-order valence-corrected chi connectivity index (χ3v) is 3.48. The van der Waals surface area contributed by atoms with Crippen molar-refractivity contribution < 1.29 is 9.59 Å². The van der Waals surface area contributed by atoms with E-state index in [1.165, 1.54) is 6.92 Å². The third-order valence-electron chi connectivity index (χ3n) is 2.79. The van der Waals surface area contributed by atoms with Crippen LogP contribution >= 0.6 is 15.9 Å². The number of hydrogen-bond donors (Lipinski definition) is 2. The first-order valence-corrected chi connectivity index (χ1v) is 7.25. The number of anilines is 2. The second-order valence-electron chi connectivity index (χ2n) is 4.58. The largest absolute Gasteiger partial charge is 0.326 e. The Bertz CT molecular complexity index is 654. The monoisotopic (exact) mass is 346 g/mol. The van der Waals surface area contributed by atoms with Gasteiger partial charge in [0.05, 0.1) is 12.1 Å². The first-order valence-electron chi connectivity index (χ1n) is 6.45. The van der Waals surface area contributed by atoms with Crippen LogP contribution in [-0.2, 0) is 16.0 Å². The molecule has 2 aromatic rings. The van der Waals surface area contributed by atoms with Crippen molar-refractivity contribution in [3.63, 3.8) is 0 Å². The van der Waals surface area contributed by atoms with Crippen LogP contribution in [0, 0.1) is 0 Å². The summed E-state index contributed by atoms with van der Waals surface area (Å²) < 4.78 is 0.847. The summed E-state index contributed by atoms with van der Waals surface area (Å²) in [6.45, 7) is 1.46. The van der Waals surface area contributed by atoms with E-state index >= 15 is 0 Å². The maximum absolute atomic E-state index is 12.0. The lowest BCUT2D eigenvalue weighted by Gasteiger charge is -2.08. The van der Waals surface area contributed by atoms with Gasteiger partial charge < -0.3 is 10.6 Å². The van der Waals surface area contributed by atoms with Crippen LogP contribution in [0.2, 0.25) is 0 Å². The Hall–Kier alpha value is -2.14. The molecule has 0 bridgehead atoms. The fourth-order valence-electron chi connectivity index (χ4n) is 1.85. The summed E-state index contributed by atoms with van der Waals surface area (Å²) in [5.41, 5.74) is 2.35. The lowest BCUT2D eigenvalue weighted by Crippen LogP contribution is -2.14. The van der Waals surface area contributed by atoms with Gasteiger partial charge in [-0.2, -0.15) is 0 Å². The minimum absolute atomic E-state index is 0.0887. The van der Waals surface area contributed by atoms with Gasteiger partial charge in [-0.1, -0.05) is 24.3 Å². The maximum Gasteiger partial charge on any atom is 0.228 e. The van der Waals surface area contributed by atoms with Gasteiger partial charge in [-0.05, 0) is 45.8 Å². The van der Waals surface area contributed by atoms with E-state index in [9.17, 15) is 9.59 Å². The lowest BCUT2D eigenvalue weighted by atomic mass is 10.1. The normalized spacial score (nSPS) is 10.0. The van der Waals surface area contributed by atoms with Crippen LogP contribution in [-0.4, -0.2) is 11.8 Å². The van der Waals surface area contributed by atoms with Gasteiger partial charge in [-0.25, -0.2) is 0 Å².